The Morgan fingerprint density at radius 1 is 1.12 bits per heavy atom. The second kappa shape index (κ2) is 6.94. The Morgan fingerprint density at radius 3 is 2.65 bits per heavy atom. The van der Waals surface area contributed by atoms with Gasteiger partial charge in [0.15, 0.2) is 10.8 Å². The molecule has 0 saturated carbocycles. The van der Waals surface area contributed by atoms with Crippen molar-refractivity contribution in [3.8, 4) is 22.5 Å². The number of aromatic nitrogens is 3. The van der Waals surface area contributed by atoms with Crippen molar-refractivity contribution in [3.05, 3.63) is 70.6 Å². The summed E-state index contributed by atoms with van der Waals surface area (Å²) in [6, 6.07) is 15.7. The maximum atomic E-state index is 7.14. The van der Waals surface area contributed by atoms with E-state index in [1.807, 2.05) is 42.7 Å². The van der Waals surface area contributed by atoms with Gasteiger partial charge in [0.05, 0.1) is 18.0 Å². The summed E-state index contributed by atoms with van der Waals surface area (Å²) < 4.78 is 1.01. The second-order valence-corrected chi connectivity index (χ2v) is 7.34. The van der Waals surface area contributed by atoms with Crippen molar-refractivity contribution < 1.29 is 0 Å². The highest BCUT2D eigenvalue weighted by atomic mass is 79.9. The third-order valence-electron chi connectivity index (χ3n) is 4.12. The van der Waals surface area contributed by atoms with E-state index < -0.39 is 0 Å². The lowest BCUT2D eigenvalue weighted by Gasteiger charge is -2.06. The van der Waals surface area contributed by atoms with Crippen LogP contribution >= 0.6 is 27.7 Å². The molecule has 0 atom stereocenters. The molecule has 2 aromatic carbocycles. The van der Waals surface area contributed by atoms with Gasteiger partial charge >= 0.3 is 0 Å². The zero-order valence-corrected chi connectivity index (χ0v) is 16.2. The van der Waals surface area contributed by atoms with E-state index in [0.717, 1.165) is 43.0 Å². The number of H-pyrrole nitrogens is 1. The Bertz CT molecular complexity index is 1140. The van der Waals surface area contributed by atoms with Crippen LogP contribution in [0.4, 0.5) is 5.69 Å². The molecular formula is C20H13BrN4S. The van der Waals surface area contributed by atoms with Crippen molar-refractivity contribution in [3.63, 3.8) is 0 Å². The highest BCUT2D eigenvalue weighted by Gasteiger charge is 2.17. The average Bonchev–Trinajstić information content (AvgIpc) is 3.06. The van der Waals surface area contributed by atoms with E-state index in [-0.39, 0.29) is 0 Å². The largest absolute Gasteiger partial charge is 0.354 e. The number of fused-ring (bicyclic) bond motifs is 1. The van der Waals surface area contributed by atoms with Crippen LogP contribution in [-0.4, -0.2) is 21.2 Å². The zero-order valence-electron chi connectivity index (χ0n) is 13.8. The van der Waals surface area contributed by atoms with Crippen LogP contribution in [0.25, 0.3) is 38.3 Å². The molecule has 4 nitrogen and oxygen atoms in total. The number of thioether (sulfide) groups is 1. The molecule has 2 heterocycles. The topological polar surface area (TPSA) is 45.9 Å². The first-order valence-corrected chi connectivity index (χ1v) is 9.88. The summed E-state index contributed by atoms with van der Waals surface area (Å²) in [5, 5.41) is 1.83. The molecule has 0 aliphatic rings. The highest BCUT2D eigenvalue weighted by Crippen LogP contribution is 2.39. The van der Waals surface area contributed by atoms with Gasteiger partial charge in [0.1, 0.15) is 0 Å². The van der Waals surface area contributed by atoms with Gasteiger partial charge in [-0.3, -0.25) is 0 Å². The number of nitrogens with one attached hydrogen (secondary N) is 1. The van der Waals surface area contributed by atoms with Gasteiger partial charge in [-0.2, -0.15) is 0 Å². The summed E-state index contributed by atoms with van der Waals surface area (Å²) in [7, 11) is 0. The third-order valence-corrected chi connectivity index (χ3v) is 5.17. The average molecular weight is 421 g/mol. The SMILES string of the molecule is [C-]#[N+]c1ccc(-c2[nH]c3ccc(Br)cc3c2-c2ccnc(SC)n2)cc1. The van der Waals surface area contributed by atoms with Crippen LogP contribution in [0.1, 0.15) is 0 Å². The summed E-state index contributed by atoms with van der Waals surface area (Å²) in [5.41, 5.74) is 5.58. The lowest BCUT2D eigenvalue weighted by Crippen LogP contribution is -1.90. The minimum atomic E-state index is 0.626. The number of benzene rings is 2. The minimum Gasteiger partial charge on any atom is -0.354 e. The van der Waals surface area contributed by atoms with Gasteiger partial charge in [-0.25, -0.2) is 14.8 Å². The standard InChI is InChI=1S/C20H13BrN4S/c1-22-14-6-3-12(4-7-14)19-18(17-9-10-23-20(25-17)26-2)15-11-13(21)5-8-16(15)24-19/h3-11,24H,2H3. The van der Waals surface area contributed by atoms with Crippen LogP contribution in [0.15, 0.2) is 64.4 Å². The zero-order chi connectivity index (χ0) is 18.1. The van der Waals surface area contributed by atoms with Crippen LogP contribution in [0.2, 0.25) is 0 Å². The molecule has 4 aromatic rings. The summed E-state index contributed by atoms with van der Waals surface area (Å²) in [5.74, 6) is 0. The number of halogens is 1. The van der Waals surface area contributed by atoms with Crippen molar-refractivity contribution in [2.24, 2.45) is 0 Å². The van der Waals surface area contributed by atoms with E-state index in [1.165, 1.54) is 11.8 Å². The van der Waals surface area contributed by atoms with E-state index in [9.17, 15) is 0 Å². The van der Waals surface area contributed by atoms with Gasteiger partial charge in [0.25, 0.3) is 0 Å². The highest BCUT2D eigenvalue weighted by molar-refractivity contribution is 9.10. The van der Waals surface area contributed by atoms with Crippen LogP contribution in [-0.2, 0) is 0 Å². The first-order valence-electron chi connectivity index (χ1n) is 7.86. The third kappa shape index (κ3) is 3.00. The molecule has 26 heavy (non-hydrogen) atoms. The molecule has 1 N–H and O–H groups in total. The van der Waals surface area contributed by atoms with E-state index >= 15 is 0 Å². The summed E-state index contributed by atoms with van der Waals surface area (Å²) in [6.07, 6.45) is 3.76. The van der Waals surface area contributed by atoms with E-state index in [4.69, 9.17) is 11.6 Å². The maximum absolute atomic E-state index is 7.14. The van der Waals surface area contributed by atoms with Crippen molar-refractivity contribution in [2.75, 3.05) is 6.26 Å². The minimum absolute atomic E-state index is 0.626. The molecule has 0 bridgehead atoms. The lowest BCUT2D eigenvalue weighted by molar-refractivity contribution is 0.977. The molecule has 0 saturated heterocycles. The molecule has 0 aliphatic carbocycles. The Labute approximate surface area is 163 Å². The molecule has 2 aromatic heterocycles. The molecule has 4 rings (SSSR count). The molecular weight excluding hydrogens is 408 g/mol. The summed E-state index contributed by atoms with van der Waals surface area (Å²) in [6.45, 7) is 7.14. The maximum Gasteiger partial charge on any atom is 0.187 e. The molecule has 6 heteroatoms. The first-order chi connectivity index (χ1) is 12.7. The second-order valence-electron chi connectivity index (χ2n) is 5.65. The Hall–Kier alpha value is -2.62. The van der Waals surface area contributed by atoms with Gasteiger partial charge < -0.3 is 4.98 Å². The van der Waals surface area contributed by atoms with Gasteiger partial charge in [0.2, 0.25) is 0 Å². The normalized spacial score (nSPS) is 10.8. The molecule has 0 amide bonds. The summed E-state index contributed by atoms with van der Waals surface area (Å²) in [4.78, 5) is 16.0. The Morgan fingerprint density at radius 2 is 1.92 bits per heavy atom. The van der Waals surface area contributed by atoms with Gasteiger partial charge in [-0.15, -0.1) is 0 Å². The predicted molar refractivity (Wildman–Crippen MR) is 111 cm³/mol. The molecule has 0 unspecified atom stereocenters. The van der Waals surface area contributed by atoms with Gasteiger partial charge in [-0.05, 0) is 36.1 Å². The molecule has 0 spiro atoms. The van der Waals surface area contributed by atoms with Gasteiger partial charge in [0, 0.05) is 27.1 Å². The van der Waals surface area contributed by atoms with Crippen molar-refractivity contribution in [1.29, 1.82) is 0 Å². The van der Waals surface area contributed by atoms with Crippen LogP contribution in [0.5, 0.6) is 0 Å². The fraction of sp³-hybridized carbons (Fsp3) is 0.0500. The number of hydrogen-bond acceptors (Lipinski definition) is 3. The van der Waals surface area contributed by atoms with Crippen molar-refractivity contribution >= 4 is 44.3 Å². The quantitative estimate of drug-likeness (QED) is 0.239. The predicted octanol–water partition coefficient (Wildman–Crippen LogP) is 6.33. The number of aromatic amines is 1. The number of nitrogens with zero attached hydrogens (tertiary/aromatic N) is 3. The molecule has 0 radical (unpaired) electrons. The lowest BCUT2D eigenvalue weighted by atomic mass is 10.0. The molecule has 0 aliphatic heterocycles. The monoisotopic (exact) mass is 420 g/mol. The van der Waals surface area contributed by atoms with Crippen LogP contribution < -0.4 is 0 Å². The van der Waals surface area contributed by atoms with E-state index in [1.54, 1.807) is 6.20 Å². The van der Waals surface area contributed by atoms with Crippen LogP contribution in [0, 0.1) is 6.57 Å². The van der Waals surface area contributed by atoms with Crippen molar-refractivity contribution in [2.45, 2.75) is 5.16 Å². The molecule has 0 fully saturated rings. The Kier molecular flexibility index (Phi) is 4.49. The fourth-order valence-corrected chi connectivity index (χ4v) is 3.64. The summed E-state index contributed by atoms with van der Waals surface area (Å²) >= 11 is 5.09. The van der Waals surface area contributed by atoms with Gasteiger partial charge in [-0.1, -0.05) is 52.0 Å². The Balaban J connectivity index is 2.01. The fourth-order valence-electron chi connectivity index (χ4n) is 2.93. The smallest absolute Gasteiger partial charge is 0.187 e. The van der Waals surface area contributed by atoms with Crippen molar-refractivity contribution in [1.82, 2.24) is 15.0 Å². The van der Waals surface area contributed by atoms with Crippen LogP contribution in [0.3, 0.4) is 0 Å². The molecule has 126 valence electrons. The number of rotatable bonds is 3. The van der Waals surface area contributed by atoms with E-state index in [0.29, 0.717) is 5.69 Å². The number of hydrogen-bond donors (Lipinski definition) is 1. The first kappa shape index (κ1) is 16.8. The van der Waals surface area contributed by atoms with E-state index in [2.05, 4.69) is 42.9 Å².